The molecule has 9 nitrogen and oxygen atoms in total. The molecular formula is C16H22N2O7S. The lowest BCUT2D eigenvalue weighted by Gasteiger charge is -2.14. The Hall–Kier alpha value is -2.59. The van der Waals surface area contributed by atoms with Crippen LogP contribution in [0.4, 0.5) is 0 Å². The second-order valence-electron chi connectivity index (χ2n) is 5.01. The summed E-state index contributed by atoms with van der Waals surface area (Å²) < 4.78 is 41.8. The number of benzene rings is 1. The van der Waals surface area contributed by atoms with Crippen molar-refractivity contribution >= 4 is 21.9 Å². The molecule has 1 amide bonds. The molecule has 1 aromatic rings. The Labute approximate surface area is 152 Å². The van der Waals surface area contributed by atoms with Crippen LogP contribution < -0.4 is 19.5 Å². The van der Waals surface area contributed by atoms with Gasteiger partial charge in [-0.05, 0) is 19.1 Å². The van der Waals surface area contributed by atoms with E-state index in [2.05, 4.69) is 16.6 Å². The topological polar surface area (TPSA) is 120 Å². The molecule has 0 aliphatic carbocycles. The molecule has 0 saturated carbocycles. The molecule has 0 saturated heterocycles. The first-order valence-electron chi connectivity index (χ1n) is 7.55. The Morgan fingerprint density at radius 2 is 1.96 bits per heavy atom. The molecule has 26 heavy (non-hydrogen) atoms. The first-order valence-corrected chi connectivity index (χ1v) is 9.03. The lowest BCUT2D eigenvalue weighted by Crippen LogP contribution is -2.38. The van der Waals surface area contributed by atoms with Crippen LogP contribution in [-0.2, 0) is 24.3 Å². The van der Waals surface area contributed by atoms with Gasteiger partial charge in [-0.25, -0.2) is 8.42 Å². The monoisotopic (exact) mass is 386 g/mol. The van der Waals surface area contributed by atoms with Crippen LogP contribution in [-0.4, -0.2) is 53.7 Å². The van der Waals surface area contributed by atoms with Crippen molar-refractivity contribution in [3.8, 4) is 11.5 Å². The molecule has 0 aromatic heterocycles. The molecule has 0 aliphatic heterocycles. The fourth-order valence-electron chi connectivity index (χ4n) is 1.83. The van der Waals surface area contributed by atoms with Crippen LogP contribution in [0.3, 0.4) is 0 Å². The van der Waals surface area contributed by atoms with E-state index in [1.807, 2.05) is 0 Å². The summed E-state index contributed by atoms with van der Waals surface area (Å²) in [5, 5.41) is 2.46. The molecule has 0 heterocycles. The van der Waals surface area contributed by atoms with Crippen molar-refractivity contribution in [2.24, 2.45) is 0 Å². The molecule has 1 atom stereocenters. The van der Waals surface area contributed by atoms with Gasteiger partial charge in [-0.15, -0.1) is 6.58 Å². The van der Waals surface area contributed by atoms with Crippen LogP contribution in [0.15, 0.2) is 35.7 Å². The summed E-state index contributed by atoms with van der Waals surface area (Å²) in [6, 6.07) is 4.23. The molecule has 0 fully saturated rings. The zero-order valence-corrected chi connectivity index (χ0v) is 15.6. The zero-order chi connectivity index (χ0) is 19.7. The van der Waals surface area contributed by atoms with Crippen LogP contribution in [0.1, 0.15) is 6.92 Å². The number of ether oxygens (including phenoxy) is 3. The number of hydrogen-bond acceptors (Lipinski definition) is 7. The van der Waals surface area contributed by atoms with Crippen molar-refractivity contribution < 1.29 is 32.2 Å². The van der Waals surface area contributed by atoms with Gasteiger partial charge in [0.1, 0.15) is 22.9 Å². The Kier molecular flexibility index (Phi) is 8.07. The summed E-state index contributed by atoms with van der Waals surface area (Å²) in [4.78, 5) is 23.2. The van der Waals surface area contributed by atoms with E-state index in [1.54, 1.807) is 0 Å². The normalized spacial score (nSPS) is 12.0. The SMILES string of the molecule is C=CCNC(=O)[C@H](C)OC(=O)CNS(=O)(=O)c1cc(OC)ccc1OC. The predicted molar refractivity (Wildman–Crippen MR) is 93.5 cm³/mol. The Morgan fingerprint density at radius 1 is 1.27 bits per heavy atom. The molecular weight excluding hydrogens is 364 g/mol. The zero-order valence-electron chi connectivity index (χ0n) is 14.8. The van der Waals surface area contributed by atoms with Crippen LogP contribution in [0.2, 0.25) is 0 Å². The number of nitrogens with one attached hydrogen (secondary N) is 2. The lowest BCUT2D eigenvalue weighted by atomic mass is 10.3. The highest BCUT2D eigenvalue weighted by atomic mass is 32.2. The number of sulfonamides is 1. The predicted octanol–water partition coefficient (Wildman–Crippen LogP) is 0.216. The summed E-state index contributed by atoms with van der Waals surface area (Å²) in [6.45, 7) is 4.39. The van der Waals surface area contributed by atoms with Crippen LogP contribution >= 0.6 is 0 Å². The number of methoxy groups -OCH3 is 2. The average molecular weight is 386 g/mol. The Balaban J connectivity index is 2.75. The van der Waals surface area contributed by atoms with Crippen molar-refractivity contribution in [1.82, 2.24) is 10.0 Å². The third kappa shape index (κ3) is 6.05. The standard InChI is InChI=1S/C16H22N2O7S/c1-5-8-17-16(20)11(2)25-15(19)10-18-26(21,22)14-9-12(23-3)6-7-13(14)24-4/h5-7,9,11,18H,1,8,10H2,2-4H3,(H,17,20)/t11-/m0/s1. The lowest BCUT2D eigenvalue weighted by molar-refractivity contribution is -0.153. The maximum absolute atomic E-state index is 12.4. The highest BCUT2D eigenvalue weighted by Crippen LogP contribution is 2.27. The van der Waals surface area contributed by atoms with E-state index in [0.717, 1.165) is 0 Å². The van der Waals surface area contributed by atoms with Gasteiger partial charge in [0.15, 0.2) is 6.10 Å². The van der Waals surface area contributed by atoms with Crippen molar-refractivity contribution in [2.75, 3.05) is 27.3 Å². The molecule has 0 radical (unpaired) electrons. The second kappa shape index (κ2) is 9.78. The maximum atomic E-state index is 12.4. The highest BCUT2D eigenvalue weighted by Gasteiger charge is 2.23. The van der Waals surface area contributed by atoms with E-state index >= 15 is 0 Å². The van der Waals surface area contributed by atoms with Gasteiger partial charge in [0.2, 0.25) is 10.0 Å². The van der Waals surface area contributed by atoms with Crippen LogP contribution in [0.25, 0.3) is 0 Å². The molecule has 1 aromatic carbocycles. The first-order chi connectivity index (χ1) is 12.2. The molecule has 10 heteroatoms. The molecule has 0 aliphatic rings. The van der Waals surface area contributed by atoms with Crippen LogP contribution in [0.5, 0.6) is 11.5 Å². The summed E-state index contributed by atoms with van der Waals surface area (Å²) in [5.74, 6) is -1.03. The van der Waals surface area contributed by atoms with Crippen molar-refractivity contribution in [2.45, 2.75) is 17.9 Å². The third-order valence-electron chi connectivity index (χ3n) is 3.16. The van der Waals surface area contributed by atoms with Gasteiger partial charge >= 0.3 is 5.97 Å². The van der Waals surface area contributed by atoms with Gasteiger partial charge in [-0.3, -0.25) is 9.59 Å². The maximum Gasteiger partial charge on any atom is 0.321 e. The summed E-state index contributed by atoms with van der Waals surface area (Å²) in [5.41, 5.74) is 0. The van der Waals surface area contributed by atoms with Gasteiger partial charge in [0.25, 0.3) is 5.91 Å². The second-order valence-corrected chi connectivity index (χ2v) is 6.74. The Bertz CT molecular complexity index is 762. The molecule has 0 unspecified atom stereocenters. The van der Waals surface area contributed by atoms with Gasteiger partial charge < -0.3 is 19.5 Å². The van der Waals surface area contributed by atoms with Crippen molar-refractivity contribution in [1.29, 1.82) is 0 Å². The molecule has 0 spiro atoms. The molecule has 0 bridgehead atoms. The van der Waals surface area contributed by atoms with Gasteiger partial charge in [-0.2, -0.15) is 4.72 Å². The number of carbonyl (C=O) groups is 2. The molecule has 144 valence electrons. The minimum Gasteiger partial charge on any atom is -0.497 e. The fraction of sp³-hybridized carbons (Fsp3) is 0.375. The quantitative estimate of drug-likeness (QED) is 0.436. The Morgan fingerprint density at radius 3 is 2.54 bits per heavy atom. The van der Waals surface area contributed by atoms with E-state index < -0.39 is 34.5 Å². The first kappa shape index (κ1) is 21.5. The smallest absolute Gasteiger partial charge is 0.321 e. The minimum atomic E-state index is -4.07. The van der Waals surface area contributed by atoms with E-state index in [1.165, 1.54) is 45.4 Å². The van der Waals surface area contributed by atoms with E-state index in [0.29, 0.717) is 5.75 Å². The number of hydrogen-bond donors (Lipinski definition) is 2. The summed E-state index contributed by atoms with van der Waals surface area (Å²) in [6.07, 6.45) is 0.403. The highest BCUT2D eigenvalue weighted by molar-refractivity contribution is 7.89. The molecule has 1 rings (SSSR count). The summed E-state index contributed by atoms with van der Waals surface area (Å²) >= 11 is 0. The van der Waals surface area contributed by atoms with Gasteiger partial charge in [-0.1, -0.05) is 6.08 Å². The number of amides is 1. The largest absolute Gasteiger partial charge is 0.497 e. The minimum absolute atomic E-state index is 0.0869. The number of esters is 1. The number of rotatable bonds is 10. The van der Waals surface area contributed by atoms with Crippen LogP contribution in [0, 0.1) is 0 Å². The fourth-order valence-corrected chi connectivity index (χ4v) is 2.99. The van der Waals surface area contributed by atoms with Gasteiger partial charge in [0.05, 0.1) is 14.2 Å². The number of carbonyl (C=O) groups excluding carboxylic acids is 2. The average Bonchev–Trinajstić information content (AvgIpc) is 2.63. The van der Waals surface area contributed by atoms with Gasteiger partial charge in [0, 0.05) is 12.6 Å². The van der Waals surface area contributed by atoms with E-state index in [-0.39, 0.29) is 17.2 Å². The van der Waals surface area contributed by atoms with Crippen molar-refractivity contribution in [3.05, 3.63) is 30.9 Å². The van der Waals surface area contributed by atoms with Crippen molar-refractivity contribution in [3.63, 3.8) is 0 Å². The van der Waals surface area contributed by atoms with E-state index in [9.17, 15) is 18.0 Å². The van der Waals surface area contributed by atoms with E-state index in [4.69, 9.17) is 14.2 Å². The third-order valence-corrected chi connectivity index (χ3v) is 4.59. The summed E-state index contributed by atoms with van der Waals surface area (Å²) in [7, 11) is -1.36. The molecule has 2 N–H and O–H groups in total.